The van der Waals surface area contributed by atoms with Crippen molar-refractivity contribution in [2.75, 3.05) is 6.54 Å². The number of aryl methyl sites for hydroxylation is 1. The average molecular weight is 419 g/mol. The van der Waals surface area contributed by atoms with Crippen LogP contribution in [0.15, 0.2) is 28.7 Å². The first kappa shape index (κ1) is 20.1. The fraction of sp³-hybridized carbons (Fsp3) is 0.375. The van der Waals surface area contributed by atoms with E-state index in [4.69, 9.17) is 5.73 Å². The van der Waals surface area contributed by atoms with Crippen LogP contribution in [-0.4, -0.2) is 17.4 Å². The second-order valence-corrected chi connectivity index (χ2v) is 7.20. The minimum atomic E-state index is -0.182. The molecule has 0 saturated heterocycles. The predicted octanol–water partition coefficient (Wildman–Crippen LogP) is 4.07. The first-order valence-corrected chi connectivity index (χ1v) is 8.77. The Morgan fingerprint density at radius 2 is 2.04 bits per heavy atom. The van der Waals surface area contributed by atoms with Crippen LogP contribution in [0, 0.1) is 12.8 Å². The average Bonchev–Trinajstić information content (AvgIpc) is 2.88. The Bertz CT molecular complexity index is 677. The van der Waals surface area contributed by atoms with Gasteiger partial charge in [0.15, 0.2) is 0 Å². The van der Waals surface area contributed by atoms with E-state index in [1.807, 2.05) is 45.0 Å². The van der Waals surface area contributed by atoms with E-state index in [9.17, 15) is 4.79 Å². The third-order valence-electron chi connectivity index (χ3n) is 3.49. The van der Waals surface area contributed by atoms with Crippen molar-refractivity contribution in [2.45, 2.75) is 26.8 Å². The van der Waals surface area contributed by atoms with E-state index < -0.39 is 0 Å². The summed E-state index contributed by atoms with van der Waals surface area (Å²) in [4.78, 5) is 17.7. The lowest BCUT2D eigenvalue weighted by Crippen LogP contribution is -2.34. The predicted molar refractivity (Wildman–Crippen MR) is 102 cm³/mol. The van der Waals surface area contributed by atoms with Gasteiger partial charge in [0.25, 0.3) is 0 Å². The highest BCUT2D eigenvalue weighted by atomic mass is 79.9. The lowest BCUT2D eigenvalue weighted by Gasteiger charge is -2.15. The summed E-state index contributed by atoms with van der Waals surface area (Å²) in [6.45, 7) is 6.13. The number of nitrogens with zero attached hydrogens (tertiary/aromatic N) is 1. The molecule has 2 unspecified atom stereocenters. The maximum atomic E-state index is 12.0. The molecule has 2 rings (SSSR count). The molecule has 1 heterocycles. The molecule has 0 saturated carbocycles. The van der Waals surface area contributed by atoms with Crippen molar-refractivity contribution < 1.29 is 4.79 Å². The van der Waals surface area contributed by atoms with E-state index in [0.29, 0.717) is 6.54 Å². The molecule has 0 spiro atoms. The highest BCUT2D eigenvalue weighted by Crippen LogP contribution is 2.35. The molecule has 23 heavy (non-hydrogen) atoms. The van der Waals surface area contributed by atoms with Crippen molar-refractivity contribution in [1.82, 2.24) is 10.3 Å². The van der Waals surface area contributed by atoms with Crippen LogP contribution >= 0.6 is 39.7 Å². The van der Waals surface area contributed by atoms with E-state index in [-0.39, 0.29) is 30.3 Å². The molecule has 4 nitrogen and oxygen atoms in total. The van der Waals surface area contributed by atoms with E-state index >= 15 is 0 Å². The molecule has 7 heteroatoms. The topological polar surface area (TPSA) is 68.0 Å². The van der Waals surface area contributed by atoms with E-state index in [0.717, 1.165) is 25.6 Å². The number of nitrogens with two attached hydrogens (primary N) is 1. The second kappa shape index (κ2) is 8.78. The fourth-order valence-corrected chi connectivity index (χ4v) is 3.80. The molecular formula is C16H21BrClN3OS. The van der Waals surface area contributed by atoms with Crippen molar-refractivity contribution in [2.24, 2.45) is 11.7 Å². The number of hydrogen-bond donors (Lipinski definition) is 2. The number of carbonyl (C=O) groups is 1. The molecule has 1 amide bonds. The van der Waals surface area contributed by atoms with Crippen LogP contribution in [0.25, 0.3) is 10.6 Å². The summed E-state index contributed by atoms with van der Waals surface area (Å²) in [5, 5.41) is 3.96. The molecule has 0 aliphatic heterocycles. The molecule has 3 N–H and O–H groups in total. The number of amides is 1. The number of carbonyl (C=O) groups excluding carboxylic acids is 1. The molecular weight excluding hydrogens is 398 g/mol. The van der Waals surface area contributed by atoms with Gasteiger partial charge in [0.2, 0.25) is 5.91 Å². The number of rotatable bonds is 5. The van der Waals surface area contributed by atoms with Gasteiger partial charge in [-0.15, -0.1) is 23.7 Å². The summed E-state index contributed by atoms with van der Waals surface area (Å²) < 4.78 is 1.02. The number of thiazole rings is 1. The van der Waals surface area contributed by atoms with Crippen molar-refractivity contribution in [3.05, 3.63) is 39.3 Å². The molecule has 0 fully saturated rings. The Hall–Kier alpha value is -0.950. The summed E-state index contributed by atoms with van der Waals surface area (Å²) in [6, 6.07) is 7.93. The minimum absolute atomic E-state index is 0. The third-order valence-corrected chi connectivity index (χ3v) is 5.55. The molecule has 1 aromatic heterocycles. The normalized spacial score (nSPS) is 13.1. The van der Waals surface area contributed by atoms with Crippen molar-refractivity contribution in [1.29, 1.82) is 0 Å². The molecule has 0 radical (unpaired) electrons. The summed E-state index contributed by atoms with van der Waals surface area (Å²) >= 11 is 5.16. The zero-order valence-corrected chi connectivity index (χ0v) is 16.5. The van der Waals surface area contributed by atoms with Crippen LogP contribution in [0.1, 0.15) is 30.5 Å². The number of halogens is 2. The summed E-state index contributed by atoms with van der Waals surface area (Å²) in [5.41, 5.74) is 7.55. The third kappa shape index (κ3) is 4.76. The molecule has 2 atom stereocenters. The van der Waals surface area contributed by atoms with Gasteiger partial charge < -0.3 is 11.1 Å². The molecule has 0 aliphatic rings. The number of nitrogens with one attached hydrogen (secondary N) is 1. The fourth-order valence-electron chi connectivity index (χ4n) is 2.09. The van der Waals surface area contributed by atoms with Gasteiger partial charge in [-0.25, -0.2) is 4.98 Å². The number of hydrogen-bond acceptors (Lipinski definition) is 4. The SMILES string of the molecule is Cc1nc(-c2ccccc2Br)sc1C(C)NC(=O)C(C)CN.Cl. The molecule has 0 bridgehead atoms. The van der Waals surface area contributed by atoms with Gasteiger partial charge in [-0.3, -0.25) is 4.79 Å². The van der Waals surface area contributed by atoms with Gasteiger partial charge in [-0.05, 0) is 19.9 Å². The maximum Gasteiger partial charge on any atom is 0.224 e. The van der Waals surface area contributed by atoms with E-state index in [1.54, 1.807) is 11.3 Å². The molecule has 1 aromatic carbocycles. The van der Waals surface area contributed by atoms with Gasteiger partial charge in [0.05, 0.1) is 16.6 Å². The Kier molecular flexibility index (Phi) is 7.67. The van der Waals surface area contributed by atoms with Crippen molar-refractivity contribution >= 4 is 45.6 Å². The monoisotopic (exact) mass is 417 g/mol. The van der Waals surface area contributed by atoms with Crippen LogP contribution < -0.4 is 11.1 Å². The minimum Gasteiger partial charge on any atom is -0.348 e. The van der Waals surface area contributed by atoms with Gasteiger partial charge in [0.1, 0.15) is 5.01 Å². The van der Waals surface area contributed by atoms with E-state index in [1.165, 1.54) is 0 Å². The quantitative estimate of drug-likeness (QED) is 0.769. The lowest BCUT2D eigenvalue weighted by atomic mass is 10.1. The van der Waals surface area contributed by atoms with E-state index in [2.05, 4.69) is 26.2 Å². The van der Waals surface area contributed by atoms with Gasteiger partial charge in [-0.2, -0.15) is 0 Å². The summed E-state index contributed by atoms with van der Waals surface area (Å²) in [6.07, 6.45) is 0. The largest absolute Gasteiger partial charge is 0.348 e. The van der Waals surface area contributed by atoms with Crippen molar-refractivity contribution in [3.63, 3.8) is 0 Å². The standard InChI is InChI=1S/C16H20BrN3OS.ClH/c1-9(8-18)15(21)19-10(2)14-11(3)20-16(22-14)12-6-4-5-7-13(12)17;/h4-7,9-10H,8,18H2,1-3H3,(H,19,21);1H. The van der Waals surface area contributed by atoms with Crippen LogP contribution in [-0.2, 0) is 4.79 Å². The van der Waals surface area contributed by atoms with Crippen LogP contribution in [0.2, 0.25) is 0 Å². The van der Waals surface area contributed by atoms with Gasteiger partial charge >= 0.3 is 0 Å². The zero-order chi connectivity index (χ0) is 16.3. The van der Waals surface area contributed by atoms with Crippen LogP contribution in [0.3, 0.4) is 0 Å². The number of aromatic nitrogens is 1. The highest BCUT2D eigenvalue weighted by molar-refractivity contribution is 9.10. The molecule has 2 aromatic rings. The smallest absolute Gasteiger partial charge is 0.224 e. The zero-order valence-electron chi connectivity index (χ0n) is 13.3. The summed E-state index contributed by atoms with van der Waals surface area (Å²) in [5.74, 6) is -0.205. The highest BCUT2D eigenvalue weighted by Gasteiger charge is 2.20. The first-order valence-electron chi connectivity index (χ1n) is 7.16. The van der Waals surface area contributed by atoms with Crippen molar-refractivity contribution in [3.8, 4) is 10.6 Å². The Balaban J connectivity index is 0.00000264. The Labute approximate surface area is 155 Å². The maximum absolute atomic E-state index is 12.0. The Morgan fingerprint density at radius 3 is 2.65 bits per heavy atom. The van der Waals surface area contributed by atoms with Gasteiger partial charge in [-0.1, -0.05) is 41.1 Å². The second-order valence-electron chi connectivity index (χ2n) is 5.32. The van der Waals surface area contributed by atoms with Crippen LogP contribution in [0.4, 0.5) is 0 Å². The first-order chi connectivity index (χ1) is 10.4. The summed E-state index contributed by atoms with van der Waals surface area (Å²) in [7, 11) is 0. The van der Waals surface area contributed by atoms with Crippen LogP contribution in [0.5, 0.6) is 0 Å². The molecule has 126 valence electrons. The Morgan fingerprint density at radius 1 is 1.39 bits per heavy atom. The number of benzene rings is 1. The molecule has 0 aliphatic carbocycles. The lowest BCUT2D eigenvalue weighted by molar-refractivity contribution is -0.124. The van der Waals surface area contributed by atoms with Gasteiger partial charge in [0, 0.05) is 22.5 Å².